The minimum absolute atomic E-state index is 0.0748. The third kappa shape index (κ3) is 2.07. The van der Waals surface area contributed by atoms with Crippen LogP contribution in [0.1, 0.15) is 36.5 Å². The second-order valence-corrected chi connectivity index (χ2v) is 4.52. The van der Waals surface area contributed by atoms with Gasteiger partial charge in [-0.25, -0.2) is 4.39 Å². The fourth-order valence-electron chi connectivity index (χ4n) is 2.06. The number of halogens is 1. The molecule has 78 valence electrons. The van der Waals surface area contributed by atoms with Crippen LogP contribution in [0.2, 0.25) is 0 Å². The summed E-state index contributed by atoms with van der Waals surface area (Å²) in [4.78, 5) is 1.78. The maximum atomic E-state index is 13.7. The highest BCUT2D eigenvalue weighted by molar-refractivity contribution is 6.04. The lowest BCUT2D eigenvalue weighted by molar-refractivity contribution is 0.424. The van der Waals surface area contributed by atoms with Crippen LogP contribution >= 0.6 is 0 Å². The maximum absolute atomic E-state index is 13.7. The molecule has 0 saturated carbocycles. The molecule has 1 aliphatic heterocycles. The van der Waals surface area contributed by atoms with Crippen molar-refractivity contribution in [3.05, 3.63) is 34.6 Å². The molecule has 0 saturated heterocycles. The number of nitrogens with zero attached hydrogens (tertiary/aromatic N) is 1. The van der Waals surface area contributed by atoms with E-state index in [1.807, 2.05) is 19.9 Å². The Hall–Kier alpha value is -0.825. The minimum atomic E-state index is -0.0748. The summed E-state index contributed by atoms with van der Waals surface area (Å²) in [6, 6.07) is 3.64. The summed E-state index contributed by atoms with van der Waals surface area (Å²) in [6.07, 6.45) is 0.848. The molecular formula is C12H15BFN. The Morgan fingerprint density at radius 1 is 1.33 bits per heavy atom. The van der Waals surface area contributed by atoms with Gasteiger partial charge >= 0.3 is 0 Å². The molecule has 0 aliphatic carbocycles. The number of hydrogen-bond acceptors (Lipinski definition) is 1. The Morgan fingerprint density at radius 3 is 2.73 bits per heavy atom. The SMILES string of the molecule is [B]N1CCc2cc(F)c(C(C)C)cc2C1. The van der Waals surface area contributed by atoms with Gasteiger partial charge in [0.1, 0.15) is 5.82 Å². The molecule has 15 heavy (non-hydrogen) atoms. The lowest BCUT2D eigenvalue weighted by Gasteiger charge is -2.26. The van der Waals surface area contributed by atoms with Gasteiger partial charge in [-0.2, -0.15) is 0 Å². The molecule has 0 bridgehead atoms. The van der Waals surface area contributed by atoms with Gasteiger partial charge in [0.15, 0.2) is 7.98 Å². The van der Waals surface area contributed by atoms with Crippen molar-refractivity contribution in [1.29, 1.82) is 0 Å². The van der Waals surface area contributed by atoms with E-state index in [-0.39, 0.29) is 11.7 Å². The van der Waals surface area contributed by atoms with Crippen molar-refractivity contribution >= 4 is 7.98 Å². The normalized spacial score (nSPS) is 16.8. The van der Waals surface area contributed by atoms with E-state index in [1.54, 1.807) is 10.9 Å². The topological polar surface area (TPSA) is 3.24 Å². The van der Waals surface area contributed by atoms with E-state index >= 15 is 0 Å². The second-order valence-electron chi connectivity index (χ2n) is 4.52. The molecule has 1 aromatic carbocycles. The number of rotatable bonds is 1. The standard InChI is InChI=1S/C12H15BFN/c1-8(2)11-5-10-7-15(13)4-3-9(10)6-12(11)14/h5-6,8H,3-4,7H2,1-2H3. The van der Waals surface area contributed by atoms with Gasteiger partial charge in [0.2, 0.25) is 0 Å². The average Bonchev–Trinajstić information content (AvgIpc) is 2.17. The second kappa shape index (κ2) is 3.97. The van der Waals surface area contributed by atoms with Crippen molar-refractivity contribution in [1.82, 2.24) is 4.81 Å². The summed E-state index contributed by atoms with van der Waals surface area (Å²) in [7, 11) is 5.75. The van der Waals surface area contributed by atoms with E-state index in [0.717, 1.165) is 30.6 Å². The molecule has 1 aromatic rings. The van der Waals surface area contributed by atoms with Crippen LogP contribution in [-0.2, 0) is 13.0 Å². The van der Waals surface area contributed by atoms with Gasteiger partial charge in [0, 0.05) is 6.54 Å². The van der Waals surface area contributed by atoms with Gasteiger partial charge in [0.25, 0.3) is 0 Å². The van der Waals surface area contributed by atoms with Gasteiger partial charge in [-0.1, -0.05) is 19.9 Å². The Labute approximate surface area is 91.7 Å². The van der Waals surface area contributed by atoms with Gasteiger partial charge in [-0.15, -0.1) is 0 Å². The largest absolute Gasteiger partial charge is 0.350 e. The quantitative estimate of drug-likeness (QED) is 0.633. The first kappa shape index (κ1) is 10.7. The van der Waals surface area contributed by atoms with Crippen LogP contribution in [0.15, 0.2) is 12.1 Å². The zero-order valence-electron chi connectivity index (χ0n) is 9.26. The fraction of sp³-hybridized carbons (Fsp3) is 0.500. The molecule has 0 atom stereocenters. The molecule has 1 aliphatic rings. The predicted octanol–water partition coefficient (Wildman–Crippen LogP) is 2.39. The van der Waals surface area contributed by atoms with E-state index < -0.39 is 0 Å². The van der Waals surface area contributed by atoms with E-state index in [2.05, 4.69) is 0 Å². The summed E-state index contributed by atoms with van der Waals surface area (Å²) < 4.78 is 13.7. The smallest absolute Gasteiger partial charge is 0.182 e. The van der Waals surface area contributed by atoms with Crippen LogP contribution in [0.3, 0.4) is 0 Å². The average molecular weight is 203 g/mol. The van der Waals surface area contributed by atoms with Crippen LogP contribution in [0.5, 0.6) is 0 Å². The highest BCUT2D eigenvalue weighted by atomic mass is 19.1. The van der Waals surface area contributed by atoms with Crippen molar-refractivity contribution in [2.45, 2.75) is 32.7 Å². The zero-order valence-corrected chi connectivity index (χ0v) is 9.26. The van der Waals surface area contributed by atoms with Crippen LogP contribution in [0.4, 0.5) is 4.39 Å². The van der Waals surface area contributed by atoms with E-state index in [4.69, 9.17) is 7.98 Å². The lowest BCUT2D eigenvalue weighted by Crippen LogP contribution is -2.28. The van der Waals surface area contributed by atoms with Crippen LogP contribution in [0, 0.1) is 5.82 Å². The predicted molar refractivity (Wildman–Crippen MR) is 60.4 cm³/mol. The van der Waals surface area contributed by atoms with Crippen LogP contribution in [-0.4, -0.2) is 19.3 Å². The zero-order chi connectivity index (χ0) is 11.0. The summed E-state index contributed by atoms with van der Waals surface area (Å²) in [6.45, 7) is 5.56. The third-order valence-corrected chi connectivity index (χ3v) is 2.98. The molecule has 0 fully saturated rings. The number of fused-ring (bicyclic) bond motifs is 1. The van der Waals surface area contributed by atoms with Gasteiger partial charge < -0.3 is 4.81 Å². The first-order valence-corrected chi connectivity index (χ1v) is 5.38. The molecule has 1 nitrogen and oxygen atoms in total. The summed E-state index contributed by atoms with van der Waals surface area (Å²) in [5.41, 5.74) is 3.08. The summed E-state index contributed by atoms with van der Waals surface area (Å²) in [5.74, 6) is 0.151. The Balaban J connectivity index is 2.42. The molecule has 0 unspecified atom stereocenters. The van der Waals surface area contributed by atoms with Crippen molar-refractivity contribution < 1.29 is 4.39 Å². The van der Waals surface area contributed by atoms with Crippen LogP contribution in [0.25, 0.3) is 0 Å². The molecule has 2 rings (SSSR count). The van der Waals surface area contributed by atoms with E-state index in [1.165, 1.54) is 5.56 Å². The minimum Gasteiger partial charge on any atom is -0.350 e. The van der Waals surface area contributed by atoms with E-state index in [9.17, 15) is 4.39 Å². The van der Waals surface area contributed by atoms with Crippen molar-refractivity contribution in [3.8, 4) is 0 Å². The molecule has 2 radical (unpaired) electrons. The first-order chi connectivity index (χ1) is 7.08. The first-order valence-electron chi connectivity index (χ1n) is 5.38. The Morgan fingerprint density at radius 2 is 2.07 bits per heavy atom. The monoisotopic (exact) mass is 203 g/mol. The Kier molecular flexibility index (Phi) is 2.83. The lowest BCUT2D eigenvalue weighted by atomic mass is 9.92. The van der Waals surface area contributed by atoms with Crippen molar-refractivity contribution in [2.75, 3.05) is 6.54 Å². The Bertz CT molecular complexity index is 376. The molecule has 0 aromatic heterocycles. The molecule has 0 N–H and O–H groups in total. The van der Waals surface area contributed by atoms with Crippen LogP contribution < -0.4 is 0 Å². The fourth-order valence-corrected chi connectivity index (χ4v) is 2.06. The van der Waals surface area contributed by atoms with E-state index in [0.29, 0.717) is 0 Å². The number of hydrogen-bond donors (Lipinski definition) is 0. The molecule has 3 heteroatoms. The molecule has 0 spiro atoms. The summed E-state index contributed by atoms with van der Waals surface area (Å²) >= 11 is 0. The highest BCUT2D eigenvalue weighted by Crippen LogP contribution is 2.26. The maximum Gasteiger partial charge on any atom is 0.182 e. The third-order valence-electron chi connectivity index (χ3n) is 2.98. The molecule has 1 heterocycles. The summed E-state index contributed by atoms with van der Waals surface area (Å²) in [5, 5.41) is 0. The number of benzene rings is 1. The van der Waals surface area contributed by atoms with Gasteiger partial charge in [-0.3, -0.25) is 0 Å². The van der Waals surface area contributed by atoms with Crippen molar-refractivity contribution in [2.24, 2.45) is 0 Å². The van der Waals surface area contributed by atoms with Crippen molar-refractivity contribution in [3.63, 3.8) is 0 Å². The molecular weight excluding hydrogens is 188 g/mol. The highest BCUT2D eigenvalue weighted by Gasteiger charge is 2.16. The molecule has 0 amide bonds. The van der Waals surface area contributed by atoms with Gasteiger partial charge in [0.05, 0.1) is 0 Å². The van der Waals surface area contributed by atoms with Gasteiger partial charge in [-0.05, 0) is 41.6 Å².